The van der Waals surface area contributed by atoms with Gasteiger partial charge < -0.3 is 15.2 Å². The minimum atomic E-state index is -0.416. The number of hydrogen-bond donors (Lipinski definition) is 2. The molecule has 90 valence electrons. The lowest BCUT2D eigenvalue weighted by molar-refractivity contribution is 0.0901. The van der Waals surface area contributed by atoms with Crippen LogP contribution in [0.1, 0.15) is 29.9 Å². The van der Waals surface area contributed by atoms with E-state index in [2.05, 4.69) is 5.32 Å². The van der Waals surface area contributed by atoms with Gasteiger partial charge in [-0.05, 0) is 31.7 Å². The first kappa shape index (κ1) is 13.0. The zero-order valence-electron chi connectivity index (χ0n) is 9.74. The van der Waals surface area contributed by atoms with Gasteiger partial charge in [-0.3, -0.25) is 4.79 Å². The largest absolute Gasteiger partial charge is 0.495 e. The van der Waals surface area contributed by atoms with Gasteiger partial charge in [0.1, 0.15) is 10.6 Å². The molecule has 1 amide bonds. The number of ether oxygens (including phenoxy) is 1. The average Bonchev–Trinajstić information content (AvgIpc) is 2.64. The number of carbonyl (C=O) groups excluding carboxylic acids is 1. The monoisotopic (exact) mass is 243 g/mol. The van der Waals surface area contributed by atoms with E-state index in [9.17, 15) is 4.79 Å². The predicted molar refractivity (Wildman–Crippen MR) is 64.1 cm³/mol. The van der Waals surface area contributed by atoms with Gasteiger partial charge in [-0.1, -0.05) is 0 Å². The minimum absolute atomic E-state index is 0.0505. The number of carbonyl (C=O) groups is 1. The third-order valence-electron chi connectivity index (χ3n) is 2.24. The maximum atomic E-state index is 11.9. The average molecular weight is 243 g/mol. The van der Waals surface area contributed by atoms with Gasteiger partial charge in [-0.2, -0.15) is 0 Å². The van der Waals surface area contributed by atoms with Crippen LogP contribution in [0.4, 0.5) is 0 Å². The summed E-state index contributed by atoms with van der Waals surface area (Å²) >= 11 is 1.34. The smallest absolute Gasteiger partial charge is 0.265 e. The van der Waals surface area contributed by atoms with Gasteiger partial charge in [0, 0.05) is 12.1 Å². The zero-order valence-corrected chi connectivity index (χ0v) is 10.6. The number of thiophene rings is 1. The Labute approximate surface area is 99.2 Å². The number of aliphatic hydroxyl groups excluding tert-OH is 1. The number of aliphatic hydroxyl groups is 1. The van der Waals surface area contributed by atoms with Crippen molar-refractivity contribution in [1.29, 1.82) is 0 Å². The van der Waals surface area contributed by atoms with E-state index in [0.29, 0.717) is 17.0 Å². The van der Waals surface area contributed by atoms with Crippen LogP contribution < -0.4 is 10.1 Å². The molecule has 0 saturated carbocycles. The van der Waals surface area contributed by atoms with Crippen LogP contribution in [0.3, 0.4) is 0 Å². The number of rotatable bonds is 5. The second kappa shape index (κ2) is 5.32. The van der Waals surface area contributed by atoms with E-state index >= 15 is 0 Å². The summed E-state index contributed by atoms with van der Waals surface area (Å²) in [5.41, 5.74) is -0.416. The Morgan fingerprint density at radius 3 is 2.88 bits per heavy atom. The van der Waals surface area contributed by atoms with Crippen LogP contribution in [-0.4, -0.2) is 30.3 Å². The maximum Gasteiger partial charge on any atom is 0.265 e. The van der Waals surface area contributed by atoms with Gasteiger partial charge in [0.05, 0.1) is 7.11 Å². The molecule has 0 bridgehead atoms. The first-order valence-electron chi connectivity index (χ1n) is 5.05. The quantitative estimate of drug-likeness (QED) is 0.826. The molecule has 1 aromatic heterocycles. The molecule has 0 aliphatic heterocycles. The summed E-state index contributed by atoms with van der Waals surface area (Å²) in [5, 5.41) is 13.6. The van der Waals surface area contributed by atoms with Crippen molar-refractivity contribution < 1.29 is 14.6 Å². The van der Waals surface area contributed by atoms with Crippen LogP contribution in [0, 0.1) is 0 Å². The fourth-order valence-electron chi connectivity index (χ4n) is 1.33. The highest BCUT2D eigenvalue weighted by Gasteiger charge is 2.23. The lowest BCUT2D eigenvalue weighted by Gasteiger charge is -2.25. The van der Waals surface area contributed by atoms with Gasteiger partial charge in [-0.15, -0.1) is 11.3 Å². The SMILES string of the molecule is COc1ccsc1C(=O)NC(C)(C)CCO. The maximum absolute atomic E-state index is 11.9. The molecule has 0 spiro atoms. The van der Waals surface area contributed by atoms with Crippen molar-refractivity contribution in [1.82, 2.24) is 5.32 Å². The van der Waals surface area contributed by atoms with Crippen molar-refractivity contribution >= 4 is 17.2 Å². The molecular weight excluding hydrogens is 226 g/mol. The van der Waals surface area contributed by atoms with Gasteiger partial charge >= 0.3 is 0 Å². The topological polar surface area (TPSA) is 58.6 Å². The van der Waals surface area contributed by atoms with E-state index in [-0.39, 0.29) is 12.5 Å². The third-order valence-corrected chi connectivity index (χ3v) is 3.14. The molecule has 16 heavy (non-hydrogen) atoms. The minimum Gasteiger partial charge on any atom is -0.495 e. The first-order valence-corrected chi connectivity index (χ1v) is 5.93. The summed E-state index contributed by atoms with van der Waals surface area (Å²) in [6, 6.07) is 1.76. The molecule has 0 aliphatic carbocycles. The number of nitrogens with one attached hydrogen (secondary N) is 1. The highest BCUT2D eigenvalue weighted by molar-refractivity contribution is 7.12. The van der Waals surface area contributed by atoms with E-state index in [1.807, 2.05) is 19.2 Å². The molecule has 0 saturated heterocycles. The molecule has 2 N–H and O–H groups in total. The molecule has 0 atom stereocenters. The summed E-state index contributed by atoms with van der Waals surface area (Å²) in [6.07, 6.45) is 0.520. The number of hydrogen-bond acceptors (Lipinski definition) is 4. The van der Waals surface area contributed by atoms with E-state index < -0.39 is 5.54 Å². The van der Waals surface area contributed by atoms with Crippen LogP contribution in [0.5, 0.6) is 5.75 Å². The fraction of sp³-hybridized carbons (Fsp3) is 0.545. The zero-order chi connectivity index (χ0) is 12.2. The Bertz CT molecular complexity index is 360. The standard InChI is InChI=1S/C11H17NO3S/c1-11(2,5-6-13)12-10(14)9-8(15-3)4-7-16-9/h4,7,13H,5-6H2,1-3H3,(H,12,14). The van der Waals surface area contributed by atoms with Crippen LogP contribution in [0.15, 0.2) is 11.4 Å². The lowest BCUT2D eigenvalue weighted by atomic mass is 10.0. The second-order valence-corrected chi connectivity index (χ2v) is 5.05. The van der Waals surface area contributed by atoms with E-state index in [0.717, 1.165) is 0 Å². The van der Waals surface area contributed by atoms with E-state index in [1.54, 1.807) is 6.07 Å². The van der Waals surface area contributed by atoms with Crippen LogP contribution in [-0.2, 0) is 0 Å². The van der Waals surface area contributed by atoms with E-state index in [1.165, 1.54) is 18.4 Å². The van der Waals surface area contributed by atoms with Gasteiger partial charge in [0.25, 0.3) is 5.91 Å². The summed E-state index contributed by atoms with van der Waals surface area (Å²) in [4.78, 5) is 12.5. The van der Waals surface area contributed by atoms with Crippen molar-refractivity contribution in [2.75, 3.05) is 13.7 Å². The summed E-state index contributed by atoms with van der Waals surface area (Å²) in [5.74, 6) is 0.424. The highest BCUT2D eigenvalue weighted by atomic mass is 32.1. The van der Waals surface area contributed by atoms with Crippen molar-refractivity contribution in [2.24, 2.45) is 0 Å². The van der Waals surface area contributed by atoms with Gasteiger partial charge in [0.15, 0.2) is 0 Å². The summed E-state index contributed by atoms with van der Waals surface area (Å²) in [6.45, 7) is 3.80. The van der Waals surface area contributed by atoms with E-state index in [4.69, 9.17) is 9.84 Å². The molecule has 0 unspecified atom stereocenters. The Hall–Kier alpha value is -1.07. The summed E-state index contributed by atoms with van der Waals surface area (Å²) in [7, 11) is 1.54. The Balaban J connectivity index is 2.72. The Kier molecular flexibility index (Phi) is 4.32. The molecular formula is C11H17NO3S. The van der Waals surface area contributed by atoms with Crippen LogP contribution >= 0.6 is 11.3 Å². The molecule has 0 aromatic carbocycles. The normalized spacial score (nSPS) is 11.2. The molecule has 0 fully saturated rings. The predicted octanol–water partition coefficient (Wildman–Crippen LogP) is 1.65. The molecule has 0 aliphatic rings. The lowest BCUT2D eigenvalue weighted by Crippen LogP contribution is -2.43. The van der Waals surface area contributed by atoms with Crippen molar-refractivity contribution in [3.63, 3.8) is 0 Å². The molecule has 1 heterocycles. The number of amides is 1. The summed E-state index contributed by atoms with van der Waals surface area (Å²) < 4.78 is 5.08. The first-order chi connectivity index (χ1) is 7.50. The van der Waals surface area contributed by atoms with Crippen molar-refractivity contribution in [2.45, 2.75) is 25.8 Å². The van der Waals surface area contributed by atoms with Crippen LogP contribution in [0.2, 0.25) is 0 Å². The molecule has 1 aromatic rings. The second-order valence-electron chi connectivity index (χ2n) is 4.13. The van der Waals surface area contributed by atoms with Crippen molar-refractivity contribution in [3.05, 3.63) is 16.3 Å². The highest BCUT2D eigenvalue weighted by Crippen LogP contribution is 2.25. The van der Waals surface area contributed by atoms with Gasteiger partial charge in [0.2, 0.25) is 0 Å². The molecule has 0 radical (unpaired) electrons. The Morgan fingerprint density at radius 2 is 2.31 bits per heavy atom. The Morgan fingerprint density at radius 1 is 1.62 bits per heavy atom. The molecule has 1 rings (SSSR count). The fourth-order valence-corrected chi connectivity index (χ4v) is 2.08. The van der Waals surface area contributed by atoms with Crippen molar-refractivity contribution in [3.8, 4) is 5.75 Å². The van der Waals surface area contributed by atoms with Gasteiger partial charge in [-0.25, -0.2) is 0 Å². The molecule has 4 nitrogen and oxygen atoms in total. The number of methoxy groups -OCH3 is 1. The van der Waals surface area contributed by atoms with Crippen LogP contribution in [0.25, 0.3) is 0 Å². The third kappa shape index (κ3) is 3.21. The molecule has 5 heteroatoms.